The van der Waals surface area contributed by atoms with Gasteiger partial charge in [-0.15, -0.1) is 0 Å². The van der Waals surface area contributed by atoms with E-state index in [1.54, 1.807) is 0 Å². The van der Waals surface area contributed by atoms with Crippen molar-refractivity contribution in [2.45, 2.75) is 20.0 Å². The molecule has 84 valence electrons. The molecule has 0 unspecified atom stereocenters. The molecule has 0 radical (unpaired) electrons. The van der Waals surface area contributed by atoms with Crippen LogP contribution in [0.25, 0.3) is 0 Å². The molecule has 6 heteroatoms. The van der Waals surface area contributed by atoms with Gasteiger partial charge in [0.05, 0.1) is 0 Å². The highest BCUT2D eigenvalue weighted by Crippen LogP contribution is 2.27. The first kappa shape index (κ1) is 13.5. The molecule has 0 saturated heterocycles. The second-order valence-corrected chi connectivity index (χ2v) is 2.21. The number of nitrogens with zero attached hydrogens (tertiary/aromatic N) is 1. The lowest BCUT2D eigenvalue weighted by atomic mass is 10.3. The predicted molar refractivity (Wildman–Crippen MR) is 45.9 cm³/mol. The van der Waals surface area contributed by atoms with Crippen LogP contribution in [0.2, 0.25) is 0 Å². The number of halogens is 4. The van der Waals surface area contributed by atoms with Crippen molar-refractivity contribution >= 4 is 6.29 Å². The summed E-state index contributed by atoms with van der Waals surface area (Å²) in [5, 5.41) is 0. The van der Waals surface area contributed by atoms with Crippen LogP contribution in [0.15, 0.2) is 12.1 Å². The maximum absolute atomic E-state index is 12.4. The molecular formula is C9H9F4NO. The van der Waals surface area contributed by atoms with E-state index in [1.807, 2.05) is 13.8 Å². The van der Waals surface area contributed by atoms with Crippen molar-refractivity contribution in [2.75, 3.05) is 0 Å². The highest BCUT2D eigenvalue weighted by atomic mass is 19.4. The third kappa shape index (κ3) is 4.05. The summed E-state index contributed by atoms with van der Waals surface area (Å²) in [4.78, 5) is 12.9. The zero-order valence-electron chi connectivity index (χ0n) is 8.10. The highest BCUT2D eigenvalue weighted by molar-refractivity contribution is 5.71. The molecule has 0 aliphatic heterocycles. The number of rotatable bonds is 1. The van der Waals surface area contributed by atoms with E-state index in [1.165, 1.54) is 0 Å². The van der Waals surface area contributed by atoms with Gasteiger partial charge in [-0.05, 0) is 0 Å². The lowest BCUT2D eigenvalue weighted by Crippen LogP contribution is -2.09. The van der Waals surface area contributed by atoms with Gasteiger partial charge in [0.15, 0.2) is 6.29 Å². The van der Waals surface area contributed by atoms with Gasteiger partial charge in [-0.1, -0.05) is 13.8 Å². The Morgan fingerprint density at radius 2 is 1.80 bits per heavy atom. The van der Waals surface area contributed by atoms with Crippen molar-refractivity contribution in [3.63, 3.8) is 0 Å². The number of carbonyl (C=O) groups excluding carboxylic acids is 1. The smallest absolute Gasteiger partial charge is 0.296 e. The van der Waals surface area contributed by atoms with Crippen LogP contribution in [0.4, 0.5) is 17.6 Å². The standard InChI is InChI=1S/C7H3F4NO.C2H6/c8-4-1-5(3-13)12-6(2-4)7(9,10)11;1-2/h1-3H;1-2H3. The number of carbonyl (C=O) groups is 1. The van der Waals surface area contributed by atoms with E-state index in [2.05, 4.69) is 4.98 Å². The van der Waals surface area contributed by atoms with Crippen LogP contribution < -0.4 is 0 Å². The van der Waals surface area contributed by atoms with Crippen molar-refractivity contribution in [1.82, 2.24) is 4.98 Å². The van der Waals surface area contributed by atoms with E-state index >= 15 is 0 Å². The second kappa shape index (κ2) is 5.43. The minimum atomic E-state index is -4.74. The fraction of sp³-hybridized carbons (Fsp3) is 0.333. The van der Waals surface area contributed by atoms with Gasteiger partial charge in [0.2, 0.25) is 0 Å². The summed E-state index contributed by atoms with van der Waals surface area (Å²) in [7, 11) is 0. The van der Waals surface area contributed by atoms with E-state index in [9.17, 15) is 22.4 Å². The van der Waals surface area contributed by atoms with Crippen LogP contribution >= 0.6 is 0 Å². The molecule has 0 aliphatic carbocycles. The summed E-state index contributed by atoms with van der Waals surface area (Å²) in [6, 6.07) is 0.856. The molecule has 1 aromatic heterocycles. The van der Waals surface area contributed by atoms with E-state index < -0.39 is 23.4 Å². The first-order valence-corrected chi connectivity index (χ1v) is 4.13. The van der Waals surface area contributed by atoms with E-state index in [0.29, 0.717) is 6.07 Å². The maximum atomic E-state index is 12.4. The number of hydrogen-bond acceptors (Lipinski definition) is 2. The van der Waals surface area contributed by atoms with Crippen molar-refractivity contribution in [2.24, 2.45) is 0 Å². The molecule has 0 amide bonds. The molecule has 0 spiro atoms. The third-order valence-corrected chi connectivity index (χ3v) is 1.22. The summed E-state index contributed by atoms with van der Waals surface area (Å²) < 4.78 is 48.3. The summed E-state index contributed by atoms with van der Waals surface area (Å²) in [6.45, 7) is 4.00. The van der Waals surface area contributed by atoms with Crippen molar-refractivity contribution < 1.29 is 22.4 Å². The first-order chi connectivity index (χ1) is 6.93. The van der Waals surface area contributed by atoms with Crippen molar-refractivity contribution in [3.05, 3.63) is 29.3 Å². The van der Waals surface area contributed by atoms with Gasteiger partial charge < -0.3 is 0 Å². The second-order valence-electron chi connectivity index (χ2n) is 2.21. The molecule has 1 aromatic rings. The summed E-state index contributed by atoms with van der Waals surface area (Å²) in [5.41, 5.74) is -1.98. The van der Waals surface area contributed by atoms with Gasteiger partial charge in [0, 0.05) is 12.1 Å². The van der Waals surface area contributed by atoms with Gasteiger partial charge in [-0.2, -0.15) is 13.2 Å². The van der Waals surface area contributed by atoms with Crippen LogP contribution in [0, 0.1) is 5.82 Å². The van der Waals surface area contributed by atoms with Crippen molar-refractivity contribution in [3.8, 4) is 0 Å². The first-order valence-electron chi connectivity index (χ1n) is 4.13. The minimum Gasteiger partial charge on any atom is -0.296 e. The van der Waals surface area contributed by atoms with E-state index in [-0.39, 0.29) is 12.4 Å². The molecule has 2 nitrogen and oxygen atoms in total. The molecular weight excluding hydrogens is 214 g/mol. The van der Waals surface area contributed by atoms with Crippen LogP contribution in [-0.2, 0) is 6.18 Å². The third-order valence-electron chi connectivity index (χ3n) is 1.22. The van der Waals surface area contributed by atoms with Crippen molar-refractivity contribution in [1.29, 1.82) is 0 Å². The molecule has 0 aliphatic rings. The zero-order valence-corrected chi connectivity index (χ0v) is 8.10. The molecule has 1 heterocycles. The maximum Gasteiger partial charge on any atom is 0.433 e. The molecule has 0 atom stereocenters. The van der Waals surface area contributed by atoms with Gasteiger partial charge in [0.1, 0.15) is 17.2 Å². The molecule has 0 N–H and O–H groups in total. The Morgan fingerprint density at radius 1 is 1.27 bits per heavy atom. The molecule has 0 saturated carbocycles. The fourth-order valence-corrected chi connectivity index (χ4v) is 0.723. The SMILES string of the molecule is CC.O=Cc1cc(F)cc(C(F)(F)F)n1. The van der Waals surface area contributed by atoms with Crippen LogP contribution in [0.1, 0.15) is 30.0 Å². The van der Waals surface area contributed by atoms with Gasteiger partial charge in [-0.3, -0.25) is 4.79 Å². The number of aldehydes is 1. The average molecular weight is 223 g/mol. The Kier molecular flexibility index (Phi) is 4.90. The lowest BCUT2D eigenvalue weighted by Gasteiger charge is -2.05. The highest BCUT2D eigenvalue weighted by Gasteiger charge is 2.33. The Bertz CT molecular complexity index is 335. The predicted octanol–water partition coefficient (Wildman–Crippen LogP) is 3.08. The zero-order chi connectivity index (χ0) is 12.1. The quantitative estimate of drug-likeness (QED) is 0.541. The summed E-state index contributed by atoms with van der Waals surface area (Å²) >= 11 is 0. The number of aromatic nitrogens is 1. The minimum absolute atomic E-state index is 0.0539. The number of alkyl halides is 3. The fourth-order valence-electron chi connectivity index (χ4n) is 0.723. The molecule has 15 heavy (non-hydrogen) atoms. The molecule has 0 bridgehead atoms. The average Bonchev–Trinajstić information content (AvgIpc) is 2.18. The Labute approximate surface area is 83.9 Å². The normalized spacial score (nSPS) is 10.3. The Hall–Kier alpha value is -1.46. The summed E-state index contributed by atoms with van der Waals surface area (Å²) in [6.07, 6.45) is -4.68. The van der Waals surface area contributed by atoms with E-state index in [0.717, 1.165) is 0 Å². The Morgan fingerprint density at radius 3 is 2.20 bits per heavy atom. The lowest BCUT2D eigenvalue weighted by molar-refractivity contribution is -0.141. The van der Waals surface area contributed by atoms with Gasteiger partial charge in [-0.25, -0.2) is 9.37 Å². The van der Waals surface area contributed by atoms with Gasteiger partial charge in [0.25, 0.3) is 0 Å². The van der Waals surface area contributed by atoms with Crippen LogP contribution in [-0.4, -0.2) is 11.3 Å². The molecule has 0 aromatic carbocycles. The largest absolute Gasteiger partial charge is 0.433 e. The molecule has 1 rings (SSSR count). The van der Waals surface area contributed by atoms with Gasteiger partial charge >= 0.3 is 6.18 Å². The van der Waals surface area contributed by atoms with Crippen LogP contribution in [0.5, 0.6) is 0 Å². The number of pyridine rings is 1. The van der Waals surface area contributed by atoms with Crippen LogP contribution in [0.3, 0.4) is 0 Å². The number of hydrogen-bond donors (Lipinski definition) is 0. The molecule has 0 fully saturated rings. The Balaban J connectivity index is 0.000000921. The monoisotopic (exact) mass is 223 g/mol. The van der Waals surface area contributed by atoms with E-state index in [4.69, 9.17) is 0 Å². The summed E-state index contributed by atoms with van der Waals surface area (Å²) in [5.74, 6) is -1.13. The topological polar surface area (TPSA) is 30.0 Å².